The van der Waals surface area contributed by atoms with E-state index in [2.05, 4.69) is 6.92 Å². The van der Waals surface area contributed by atoms with E-state index < -0.39 is 5.97 Å². The fourth-order valence-electron chi connectivity index (χ4n) is 1.56. The minimum atomic E-state index is -0.665. The zero-order valence-electron chi connectivity index (χ0n) is 9.33. The standard InChI is InChI=1S/C11H23NO2/c1-3-4-5-6-10(11(13)14)7-9(2)8-12/h9-10H,3-8,12H2,1-2H3,(H,13,14)/t9-,10?/m0/s1. The molecular weight excluding hydrogens is 178 g/mol. The van der Waals surface area contributed by atoms with Gasteiger partial charge in [0.1, 0.15) is 0 Å². The van der Waals surface area contributed by atoms with Crippen molar-refractivity contribution in [3.63, 3.8) is 0 Å². The molecule has 0 radical (unpaired) electrons. The molecule has 0 amide bonds. The summed E-state index contributed by atoms with van der Waals surface area (Å²) in [7, 11) is 0. The second-order valence-corrected chi connectivity index (χ2v) is 4.11. The molecule has 0 aliphatic heterocycles. The Bertz CT molecular complexity index is 159. The van der Waals surface area contributed by atoms with Crippen molar-refractivity contribution in [1.29, 1.82) is 0 Å². The maximum absolute atomic E-state index is 10.9. The maximum atomic E-state index is 10.9. The topological polar surface area (TPSA) is 63.3 Å². The van der Waals surface area contributed by atoms with E-state index in [1.165, 1.54) is 0 Å². The summed E-state index contributed by atoms with van der Waals surface area (Å²) < 4.78 is 0. The van der Waals surface area contributed by atoms with Crippen molar-refractivity contribution in [2.24, 2.45) is 17.6 Å². The Morgan fingerprint density at radius 1 is 1.43 bits per heavy atom. The molecule has 3 nitrogen and oxygen atoms in total. The molecule has 0 rings (SSSR count). The van der Waals surface area contributed by atoms with Gasteiger partial charge in [-0.2, -0.15) is 0 Å². The summed E-state index contributed by atoms with van der Waals surface area (Å²) in [5, 5.41) is 8.98. The third-order valence-electron chi connectivity index (χ3n) is 2.59. The van der Waals surface area contributed by atoms with Crippen LogP contribution in [-0.2, 0) is 4.79 Å². The number of hydrogen-bond acceptors (Lipinski definition) is 2. The molecule has 3 heteroatoms. The van der Waals surface area contributed by atoms with Gasteiger partial charge in [0, 0.05) is 0 Å². The molecule has 0 bridgehead atoms. The summed E-state index contributed by atoms with van der Waals surface area (Å²) >= 11 is 0. The normalized spacial score (nSPS) is 15.1. The smallest absolute Gasteiger partial charge is 0.306 e. The molecule has 0 heterocycles. The van der Waals surface area contributed by atoms with Crippen LogP contribution in [0.5, 0.6) is 0 Å². The molecule has 0 saturated heterocycles. The van der Waals surface area contributed by atoms with E-state index in [0.717, 1.165) is 32.1 Å². The second kappa shape index (κ2) is 7.80. The van der Waals surface area contributed by atoms with Crippen LogP contribution in [0.4, 0.5) is 0 Å². The number of carbonyl (C=O) groups is 1. The van der Waals surface area contributed by atoms with Crippen molar-refractivity contribution in [2.75, 3.05) is 6.54 Å². The van der Waals surface area contributed by atoms with Crippen LogP contribution in [0.15, 0.2) is 0 Å². The molecule has 0 fully saturated rings. The van der Waals surface area contributed by atoms with E-state index in [1.807, 2.05) is 6.92 Å². The second-order valence-electron chi connectivity index (χ2n) is 4.11. The number of nitrogens with two attached hydrogens (primary N) is 1. The number of aliphatic carboxylic acids is 1. The summed E-state index contributed by atoms with van der Waals surface area (Å²) in [5.74, 6) is -0.542. The summed E-state index contributed by atoms with van der Waals surface area (Å²) in [5.41, 5.74) is 5.48. The molecule has 1 unspecified atom stereocenters. The van der Waals surface area contributed by atoms with Crippen molar-refractivity contribution in [2.45, 2.75) is 46.0 Å². The Balaban J connectivity index is 3.84. The van der Waals surface area contributed by atoms with Gasteiger partial charge in [-0.05, 0) is 25.3 Å². The first-order valence-electron chi connectivity index (χ1n) is 5.54. The number of rotatable bonds is 8. The first-order chi connectivity index (χ1) is 6.61. The molecule has 84 valence electrons. The highest BCUT2D eigenvalue weighted by Gasteiger charge is 2.18. The Morgan fingerprint density at radius 3 is 2.50 bits per heavy atom. The van der Waals surface area contributed by atoms with Gasteiger partial charge in [0.05, 0.1) is 5.92 Å². The van der Waals surface area contributed by atoms with Crippen LogP contribution in [0.25, 0.3) is 0 Å². The first-order valence-corrected chi connectivity index (χ1v) is 5.54. The monoisotopic (exact) mass is 201 g/mol. The molecule has 2 atom stereocenters. The van der Waals surface area contributed by atoms with Gasteiger partial charge >= 0.3 is 5.97 Å². The number of carboxylic acid groups (broad SMARTS) is 1. The van der Waals surface area contributed by atoms with Gasteiger partial charge < -0.3 is 10.8 Å². The third kappa shape index (κ3) is 5.97. The van der Waals surface area contributed by atoms with Gasteiger partial charge in [-0.25, -0.2) is 0 Å². The molecule has 0 aromatic heterocycles. The molecule has 3 N–H and O–H groups in total. The molecule has 0 aromatic carbocycles. The lowest BCUT2D eigenvalue weighted by Crippen LogP contribution is -2.21. The Hall–Kier alpha value is -0.570. The number of carboxylic acids is 1. The van der Waals surface area contributed by atoms with Crippen LogP contribution in [0.3, 0.4) is 0 Å². The van der Waals surface area contributed by atoms with Gasteiger partial charge in [-0.1, -0.05) is 33.1 Å². The quantitative estimate of drug-likeness (QED) is 0.592. The lowest BCUT2D eigenvalue weighted by atomic mass is 9.91. The molecule has 0 spiro atoms. The molecule has 0 aliphatic rings. The lowest BCUT2D eigenvalue weighted by Gasteiger charge is -2.15. The first kappa shape index (κ1) is 13.4. The average molecular weight is 201 g/mol. The highest BCUT2D eigenvalue weighted by molar-refractivity contribution is 5.69. The van der Waals surface area contributed by atoms with E-state index in [-0.39, 0.29) is 5.92 Å². The molecular formula is C11H23NO2. The molecule has 14 heavy (non-hydrogen) atoms. The summed E-state index contributed by atoms with van der Waals surface area (Å²) in [6.45, 7) is 4.71. The zero-order chi connectivity index (χ0) is 11.0. The van der Waals surface area contributed by atoms with Crippen LogP contribution in [0.2, 0.25) is 0 Å². The fourth-order valence-corrected chi connectivity index (χ4v) is 1.56. The lowest BCUT2D eigenvalue weighted by molar-refractivity contribution is -0.142. The summed E-state index contributed by atoms with van der Waals surface area (Å²) in [4.78, 5) is 10.9. The van der Waals surface area contributed by atoms with Gasteiger partial charge in [-0.3, -0.25) is 4.79 Å². The van der Waals surface area contributed by atoms with Crippen LogP contribution < -0.4 is 5.73 Å². The molecule has 0 aliphatic carbocycles. The van der Waals surface area contributed by atoms with Crippen LogP contribution >= 0.6 is 0 Å². The largest absolute Gasteiger partial charge is 0.481 e. The van der Waals surface area contributed by atoms with E-state index in [0.29, 0.717) is 12.5 Å². The third-order valence-corrected chi connectivity index (χ3v) is 2.59. The number of unbranched alkanes of at least 4 members (excludes halogenated alkanes) is 2. The van der Waals surface area contributed by atoms with E-state index >= 15 is 0 Å². The van der Waals surface area contributed by atoms with Crippen molar-refractivity contribution >= 4 is 5.97 Å². The summed E-state index contributed by atoms with van der Waals surface area (Å²) in [6.07, 6.45) is 4.80. The highest BCUT2D eigenvalue weighted by Crippen LogP contribution is 2.18. The van der Waals surface area contributed by atoms with Gasteiger partial charge in [0.25, 0.3) is 0 Å². The van der Waals surface area contributed by atoms with Gasteiger partial charge in [-0.15, -0.1) is 0 Å². The predicted octanol–water partition coefficient (Wildman–Crippen LogP) is 2.25. The average Bonchev–Trinajstić information content (AvgIpc) is 2.16. The van der Waals surface area contributed by atoms with Crippen molar-refractivity contribution in [3.8, 4) is 0 Å². The zero-order valence-corrected chi connectivity index (χ0v) is 9.33. The van der Waals surface area contributed by atoms with Crippen molar-refractivity contribution in [1.82, 2.24) is 0 Å². The van der Waals surface area contributed by atoms with E-state index in [4.69, 9.17) is 10.8 Å². The van der Waals surface area contributed by atoms with Crippen molar-refractivity contribution in [3.05, 3.63) is 0 Å². The van der Waals surface area contributed by atoms with Crippen LogP contribution in [0.1, 0.15) is 46.0 Å². The van der Waals surface area contributed by atoms with Crippen molar-refractivity contribution < 1.29 is 9.90 Å². The van der Waals surface area contributed by atoms with Gasteiger partial charge in [0.2, 0.25) is 0 Å². The van der Waals surface area contributed by atoms with Crippen LogP contribution in [0, 0.1) is 11.8 Å². The Kier molecular flexibility index (Phi) is 7.48. The fraction of sp³-hybridized carbons (Fsp3) is 0.909. The number of hydrogen-bond donors (Lipinski definition) is 2. The minimum Gasteiger partial charge on any atom is -0.481 e. The SMILES string of the molecule is CCCCCC(C[C@H](C)CN)C(=O)O. The Morgan fingerprint density at radius 2 is 2.07 bits per heavy atom. The minimum absolute atomic E-state index is 0.194. The van der Waals surface area contributed by atoms with Gasteiger partial charge in [0.15, 0.2) is 0 Å². The van der Waals surface area contributed by atoms with E-state index in [1.54, 1.807) is 0 Å². The van der Waals surface area contributed by atoms with Crippen LogP contribution in [-0.4, -0.2) is 17.6 Å². The maximum Gasteiger partial charge on any atom is 0.306 e. The predicted molar refractivity (Wildman–Crippen MR) is 58.1 cm³/mol. The summed E-state index contributed by atoms with van der Waals surface area (Å²) in [6, 6.07) is 0. The Labute approximate surface area is 86.7 Å². The highest BCUT2D eigenvalue weighted by atomic mass is 16.4. The molecule has 0 saturated carbocycles. The molecule has 0 aromatic rings. The van der Waals surface area contributed by atoms with E-state index in [9.17, 15) is 4.79 Å².